The lowest BCUT2D eigenvalue weighted by molar-refractivity contribution is -0.126. The Hall–Kier alpha value is -1.35. The van der Waals surface area contributed by atoms with Gasteiger partial charge in [0.25, 0.3) is 0 Å². The van der Waals surface area contributed by atoms with Crippen molar-refractivity contribution in [1.82, 2.24) is 10.4 Å². The van der Waals surface area contributed by atoms with Gasteiger partial charge in [-0.05, 0) is 24.8 Å². The number of carbonyl (C=O) groups is 1. The number of amides is 1. The van der Waals surface area contributed by atoms with Crippen molar-refractivity contribution in [3.63, 3.8) is 0 Å². The number of piperidine rings is 1. The molecule has 17 heavy (non-hydrogen) atoms. The van der Waals surface area contributed by atoms with E-state index in [1.54, 1.807) is 0 Å². The molecule has 0 unspecified atom stereocenters. The van der Waals surface area contributed by atoms with Crippen molar-refractivity contribution >= 4 is 5.91 Å². The lowest BCUT2D eigenvalue weighted by Gasteiger charge is -2.26. The van der Waals surface area contributed by atoms with Gasteiger partial charge in [-0.25, -0.2) is 5.01 Å². The maximum atomic E-state index is 11.7. The molecule has 1 aromatic carbocycles. The second-order valence-electron chi connectivity index (χ2n) is 4.57. The number of benzene rings is 1. The fourth-order valence-corrected chi connectivity index (χ4v) is 2.14. The summed E-state index contributed by atoms with van der Waals surface area (Å²) >= 11 is 0. The first-order valence-electron chi connectivity index (χ1n) is 6.43. The topological polar surface area (TPSA) is 32.3 Å². The third-order valence-electron chi connectivity index (χ3n) is 3.12. The van der Waals surface area contributed by atoms with Crippen molar-refractivity contribution in [2.75, 3.05) is 13.1 Å². The Morgan fingerprint density at radius 2 is 1.82 bits per heavy atom. The predicted molar refractivity (Wildman–Crippen MR) is 68.3 cm³/mol. The van der Waals surface area contributed by atoms with Crippen LogP contribution in [0, 0.1) is 0 Å². The van der Waals surface area contributed by atoms with E-state index in [-0.39, 0.29) is 5.91 Å². The minimum atomic E-state index is 0.135. The molecule has 1 aromatic rings. The highest BCUT2D eigenvalue weighted by atomic mass is 16.2. The van der Waals surface area contributed by atoms with Crippen molar-refractivity contribution in [2.24, 2.45) is 0 Å². The average molecular weight is 232 g/mol. The first-order chi connectivity index (χ1) is 8.34. The lowest BCUT2D eigenvalue weighted by Crippen LogP contribution is -2.45. The Morgan fingerprint density at radius 1 is 1.12 bits per heavy atom. The van der Waals surface area contributed by atoms with Gasteiger partial charge >= 0.3 is 0 Å². The van der Waals surface area contributed by atoms with E-state index in [2.05, 4.69) is 22.6 Å². The first kappa shape index (κ1) is 12.1. The Morgan fingerprint density at radius 3 is 2.53 bits per heavy atom. The molecule has 1 heterocycles. The van der Waals surface area contributed by atoms with Crippen LogP contribution < -0.4 is 5.43 Å². The summed E-state index contributed by atoms with van der Waals surface area (Å²) in [7, 11) is 0. The van der Waals surface area contributed by atoms with Crippen LogP contribution in [-0.2, 0) is 11.2 Å². The molecular weight excluding hydrogens is 212 g/mol. The Kier molecular flexibility index (Phi) is 4.56. The number of nitrogens with zero attached hydrogens (tertiary/aromatic N) is 1. The van der Waals surface area contributed by atoms with Gasteiger partial charge in [0, 0.05) is 19.5 Å². The zero-order valence-corrected chi connectivity index (χ0v) is 10.2. The predicted octanol–water partition coefficient (Wildman–Crippen LogP) is 2.14. The summed E-state index contributed by atoms with van der Waals surface area (Å²) < 4.78 is 0. The smallest absolute Gasteiger partial charge is 0.234 e. The van der Waals surface area contributed by atoms with Crippen LogP contribution in [0.4, 0.5) is 0 Å². The summed E-state index contributed by atoms with van der Waals surface area (Å²) in [4.78, 5) is 11.7. The third kappa shape index (κ3) is 4.19. The first-order valence-corrected chi connectivity index (χ1v) is 6.43. The van der Waals surface area contributed by atoms with Gasteiger partial charge in [0.2, 0.25) is 5.91 Å². The minimum absolute atomic E-state index is 0.135. The number of hydrogen-bond donors (Lipinski definition) is 1. The van der Waals surface area contributed by atoms with Crippen molar-refractivity contribution in [3.8, 4) is 0 Å². The molecule has 0 atom stereocenters. The number of hydrazine groups is 1. The SMILES string of the molecule is O=C(CCc1ccccc1)NN1CCCCC1. The molecular formula is C14H20N2O. The molecule has 92 valence electrons. The highest BCUT2D eigenvalue weighted by Gasteiger charge is 2.12. The molecule has 0 aromatic heterocycles. The molecule has 0 aliphatic carbocycles. The number of hydrogen-bond acceptors (Lipinski definition) is 2. The van der Waals surface area contributed by atoms with E-state index in [9.17, 15) is 4.79 Å². The second-order valence-corrected chi connectivity index (χ2v) is 4.57. The molecule has 2 rings (SSSR count). The molecule has 0 bridgehead atoms. The number of nitrogens with one attached hydrogen (secondary N) is 1. The van der Waals surface area contributed by atoms with Gasteiger partial charge in [0.05, 0.1) is 0 Å². The summed E-state index contributed by atoms with van der Waals surface area (Å²) in [6.45, 7) is 1.99. The van der Waals surface area contributed by atoms with Crippen molar-refractivity contribution < 1.29 is 4.79 Å². The monoisotopic (exact) mass is 232 g/mol. The van der Waals surface area contributed by atoms with Crippen molar-refractivity contribution in [1.29, 1.82) is 0 Å². The molecule has 1 fully saturated rings. The normalized spacial score (nSPS) is 16.7. The molecule has 0 radical (unpaired) electrons. The number of aryl methyl sites for hydroxylation is 1. The molecule has 1 N–H and O–H groups in total. The maximum absolute atomic E-state index is 11.7. The van der Waals surface area contributed by atoms with Crippen LogP contribution in [0.3, 0.4) is 0 Å². The van der Waals surface area contributed by atoms with E-state index in [4.69, 9.17) is 0 Å². The summed E-state index contributed by atoms with van der Waals surface area (Å²) in [6, 6.07) is 10.1. The van der Waals surface area contributed by atoms with Gasteiger partial charge in [0.1, 0.15) is 0 Å². The van der Waals surface area contributed by atoms with Crippen LogP contribution in [-0.4, -0.2) is 24.0 Å². The van der Waals surface area contributed by atoms with Gasteiger partial charge in [0.15, 0.2) is 0 Å². The maximum Gasteiger partial charge on any atom is 0.234 e. The van der Waals surface area contributed by atoms with Crippen LogP contribution in [0.2, 0.25) is 0 Å². The molecule has 3 nitrogen and oxygen atoms in total. The van der Waals surface area contributed by atoms with E-state index >= 15 is 0 Å². The second kappa shape index (κ2) is 6.40. The van der Waals surface area contributed by atoms with Crippen LogP contribution >= 0.6 is 0 Å². The highest BCUT2D eigenvalue weighted by Crippen LogP contribution is 2.07. The number of rotatable bonds is 4. The Balaban J connectivity index is 1.70. The molecule has 1 aliphatic rings. The fraction of sp³-hybridized carbons (Fsp3) is 0.500. The summed E-state index contributed by atoms with van der Waals surface area (Å²) in [5, 5.41) is 2.05. The summed E-state index contributed by atoms with van der Waals surface area (Å²) in [5.74, 6) is 0.135. The molecule has 1 amide bonds. The Labute approximate surface area is 103 Å². The van der Waals surface area contributed by atoms with E-state index in [1.165, 1.54) is 24.8 Å². The fourth-order valence-electron chi connectivity index (χ4n) is 2.14. The van der Waals surface area contributed by atoms with E-state index in [0.717, 1.165) is 19.5 Å². The van der Waals surface area contributed by atoms with E-state index in [1.807, 2.05) is 18.2 Å². The zero-order valence-electron chi connectivity index (χ0n) is 10.2. The van der Waals surface area contributed by atoms with Gasteiger partial charge in [-0.15, -0.1) is 0 Å². The van der Waals surface area contributed by atoms with Gasteiger partial charge < -0.3 is 0 Å². The number of carbonyl (C=O) groups excluding carboxylic acids is 1. The molecule has 3 heteroatoms. The summed E-state index contributed by atoms with van der Waals surface area (Å²) in [5.41, 5.74) is 4.21. The molecule has 1 saturated heterocycles. The van der Waals surface area contributed by atoms with Crippen LogP contribution in [0.5, 0.6) is 0 Å². The van der Waals surface area contributed by atoms with Gasteiger partial charge in [-0.1, -0.05) is 36.8 Å². The van der Waals surface area contributed by atoms with E-state index in [0.29, 0.717) is 6.42 Å². The quantitative estimate of drug-likeness (QED) is 0.862. The average Bonchev–Trinajstić information content (AvgIpc) is 2.39. The third-order valence-corrected chi connectivity index (χ3v) is 3.12. The van der Waals surface area contributed by atoms with Crippen molar-refractivity contribution in [3.05, 3.63) is 35.9 Å². The molecule has 0 spiro atoms. The van der Waals surface area contributed by atoms with E-state index < -0.39 is 0 Å². The van der Waals surface area contributed by atoms with Crippen molar-refractivity contribution in [2.45, 2.75) is 32.1 Å². The van der Waals surface area contributed by atoms with Crippen LogP contribution in [0.15, 0.2) is 30.3 Å². The van der Waals surface area contributed by atoms with Gasteiger partial charge in [-0.2, -0.15) is 0 Å². The van der Waals surface area contributed by atoms with Crippen LogP contribution in [0.25, 0.3) is 0 Å². The zero-order chi connectivity index (χ0) is 11.9. The molecule has 1 aliphatic heterocycles. The summed E-state index contributed by atoms with van der Waals surface area (Å²) in [6.07, 6.45) is 5.06. The van der Waals surface area contributed by atoms with Gasteiger partial charge in [-0.3, -0.25) is 10.2 Å². The Bertz CT molecular complexity index is 344. The largest absolute Gasteiger partial charge is 0.289 e. The standard InChI is InChI=1S/C14H20N2O/c17-14(15-16-11-5-2-6-12-16)10-9-13-7-3-1-4-8-13/h1,3-4,7-8H,2,5-6,9-12H2,(H,15,17). The molecule has 0 saturated carbocycles. The minimum Gasteiger partial charge on any atom is -0.289 e. The lowest BCUT2D eigenvalue weighted by atomic mass is 10.1. The van der Waals surface area contributed by atoms with Crippen LogP contribution in [0.1, 0.15) is 31.2 Å². The highest BCUT2D eigenvalue weighted by molar-refractivity contribution is 5.75.